The molecule has 4 nitrogen and oxygen atoms in total. The monoisotopic (exact) mass is 248 g/mol. The first-order valence-corrected chi connectivity index (χ1v) is 7.07. The van der Waals surface area contributed by atoms with E-state index >= 15 is 0 Å². The van der Waals surface area contributed by atoms with Crippen LogP contribution < -0.4 is 10.2 Å². The van der Waals surface area contributed by atoms with Crippen LogP contribution in [0, 0.1) is 6.92 Å². The molecule has 1 N–H and O–H groups in total. The van der Waals surface area contributed by atoms with Crippen LogP contribution >= 0.6 is 0 Å². The molecule has 4 heteroatoms. The lowest BCUT2D eigenvalue weighted by atomic mass is 10.2. The summed E-state index contributed by atoms with van der Waals surface area (Å²) in [7, 11) is 0. The molecule has 2 rings (SSSR count). The zero-order valence-corrected chi connectivity index (χ0v) is 11.5. The Morgan fingerprint density at radius 2 is 2.39 bits per heavy atom. The Balaban J connectivity index is 2.03. The maximum absolute atomic E-state index is 4.28. The lowest BCUT2D eigenvalue weighted by Crippen LogP contribution is -2.38. The molecule has 2 heterocycles. The molecule has 1 aromatic rings. The van der Waals surface area contributed by atoms with Gasteiger partial charge in [-0.15, -0.1) is 5.10 Å². The molecule has 1 unspecified atom stereocenters. The molecule has 0 aromatic carbocycles. The summed E-state index contributed by atoms with van der Waals surface area (Å²) in [6.45, 7) is 7.59. The molecule has 18 heavy (non-hydrogen) atoms. The van der Waals surface area contributed by atoms with Crippen LogP contribution in [0.3, 0.4) is 0 Å². The van der Waals surface area contributed by atoms with E-state index in [1.54, 1.807) is 0 Å². The molecule has 0 spiro atoms. The smallest absolute Gasteiger partial charge is 0.151 e. The lowest BCUT2D eigenvalue weighted by Gasteiger charge is -2.26. The first-order valence-electron chi connectivity index (χ1n) is 7.07. The molecule has 0 saturated carbocycles. The number of aryl methyl sites for hydroxylation is 1. The second-order valence-electron chi connectivity index (χ2n) is 5.18. The van der Waals surface area contributed by atoms with Gasteiger partial charge in [0, 0.05) is 19.1 Å². The van der Waals surface area contributed by atoms with E-state index in [1.165, 1.54) is 31.2 Å². The molecule has 1 aromatic heterocycles. The Morgan fingerprint density at radius 3 is 3.06 bits per heavy atom. The molecule has 1 saturated heterocycles. The normalized spacial score (nSPS) is 19.1. The molecule has 0 bridgehead atoms. The quantitative estimate of drug-likeness (QED) is 0.837. The van der Waals surface area contributed by atoms with Crippen LogP contribution in [0.25, 0.3) is 0 Å². The average molecular weight is 248 g/mol. The van der Waals surface area contributed by atoms with Crippen LogP contribution in [0.15, 0.2) is 12.3 Å². The Kier molecular flexibility index (Phi) is 4.93. The SMILES string of the molecule is CCCCN(CC1CCCN1)c1cc(C)cnn1. The number of rotatable bonds is 6. The van der Waals surface area contributed by atoms with Crippen molar-refractivity contribution < 1.29 is 0 Å². The zero-order chi connectivity index (χ0) is 12.8. The fourth-order valence-corrected chi connectivity index (χ4v) is 2.43. The number of unbranched alkanes of at least 4 members (excludes halogenated alkanes) is 1. The second kappa shape index (κ2) is 6.69. The van der Waals surface area contributed by atoms with Gasteiger partial charge < -0.3 is 10.2 Å². The number of anilines is 1. The van der Waals surface area contributed by atoms with E-state index in [4.69, 9.17) is 0 Å². The van der Waals surface area contributed by atoms with Crippen molar-refractivity contribution >= 4 is 5.82 Å². The van der Waals surface area contributed by atoms with E-state index in [1.807, 2.05) is 6.20 Å². The highest BCUT2D eigenvalue weighted by atomic mass is 15.3. The first-order chi connectivity index (χ1) is 8.79. The lowest BCUT2D eigenvalue weighted by molar-refractivity contribution is 0.567. The Morgan fingerprint density at radius 1 is 1.50 bits per heavy atom. The minimum atomic E-state index is 0.615. The van der Waals surface area contributed by atoms with Crippen molar-refractivity contribution in [3.8, 4) is 0 Å². The van der Waals surface area contributed by atoms with Gasteiger partial charge in [-0.2, -0.15) is 5.10 Å². The fraction of sp³-hybridized carbons (Fsp3) is 0.714. The summed E-state index contributed by atoms with van der Waals surface area (Å²) in [6.07, 6.45) is 6.82. The Labute approximate surface area is 110 Å². The van der Waals surface area contributed by atoms with Gasteiger partial charge in [0.25, 0.3) is 0 Å². The summed E-state index contributed by atoms with van der Waals surface area (Å²) in [5, 5.41) is 11.9. The van der Waals surface area contributed by atoms with Crippen molar-refractivity contribution in [3.63, 3.8) is 0 Å². The van der Waals surface area contributed by atoms with Crippen molar-refractivity contribution in [2.24, 2.45) is 0 Å². The van der Waals surface area contributed by atoms with E-state index in [0.29, 0.717) is 6.04 Å². The van der Waals surface area contributed by atoms with Gasteiger partial charge in [-0.3, -0.25) is 0 Å². The van der Waals surface area contributed by atoms with E-state index < -0.39 is 0 Å². The third-order valence-corrected chi connectivity index (χ3v) is 3.49. The summed E-state index contributed by atoms with van der Waals surface area (Å²) in [5.74, 6) is 1.03. The van der Waals surface area contributed by atoms with Crippen LogP contribution in [0.1, 0.15) is 38.2 Å². The Bertz CT molecular complexity index is 361. The molecule has 1 atom stereocenters. The molecular weight excluding hydrogens is 224 g/mol. The van der Waals surface area contributed by atoms with Gasteiger partial charge in [0.05, 0.1) is 6.20 Å². The highest BCUT2D eigenvalue weighted by Crippen LogP contribution is 2.15. The van der Waals surface area contributed by atoms with E-state index in [-0.39, 0.29) is 0 Å². The maximum atomic E-state index is 4.28. The van der Waals surface area contributed by atoms with Gasteiger partial charge in [0.2, 0.25) is 0 Å². The van der Waals surface area contributed by atoms with Crippen molar-refractivity contribution in [2.45, 2.75) is 45.6 Å². The minimum absolute atomic E-state index is 0.615. The average Bonchev–Trinajstić information content (AvgIpc) is 2.87. The number of nitrogens with zero attached hydrogens (tertiary/aromatic N) is 3. The van der Waals surface area contributed by atoms with Gasteiger partial charge in [0.1, 0.15) is 0 Å². The molecule has 1 aliphatic heterocycles. The van der Waals surface area contributed by atoms with Crippen LogP contribution in [-0.2, 0) is 0 Å². The van der Waals surface area contributed by atoms with E-state index in [0.717, 1.165) is 25.5 Å². The molecule has 0 amide bonds. The van der Waals surface area contributed by atoms with Gasteiger partial charge in [-0.1, -0.05) is 13.3 Å². The fourth-order valence-electron chi connectivity index (χ4n) is 2.43. The third-order valence-electron chi connectivity index (χ3n) is 3.49. The second-order valence-corrected chi connectivity index (χ2v) is 5.18. The summed E-state index contributed by atoms with van der Waals surface area (Å²) in [4.78, 5) is 2.38. The van der Waals surface area contributed by atoms with Gasteiger partial charge in [0.15, 0.2) is 5.82 Å². The summed E-state index contributed by atoms with van der Waals surface area (Å²) in [6, 6.07) is 2.75. The largest absolute Gasteiger partial charge is 0.354 e. The van der Waals surface area contributed by atoms with Crippen molar-refractivity contribution in [2.75, 3.05) is 24.5 Å². The number of hydrogen-bond acceptors (Lipinski definition) is 4. The predicted molar refractivity (Wildman–Crippen MR) is 74.9 cm³/mol. The molecule has 100 valence electrons. The summed E-state index contributed by atoms with van der Waals surface area (Å²) >= 11 is 0. The number of aromatic nitrogens is 2. The highest BCUT2D eigenvalue weighted by Gasteiger charge is 2.18. The first kappa shape index (κ1) is 13.3. The van der Waals surface area contributed by atoms with Crippen LogP contribution in [0.2, 0.25) is 0 Å². The molecule has 0 radical (unpaired) electrons. The molecule has 1 aliphatic rings. The molecular formula is C14H24N4. The van der Waals surface area contributed by atoms with Gasteiger partial charge in [-0.25, -0.2) is 0 Å². The van der Waals surface area contributed by atoms with Crippen molar-refractivity contribution in [1.82, 2.24) is 15.5 Å². The van der Waals surface area contributed by atoms with Crippen LogP contribution in [0.5, 0.6) is 0 Å². The summed E-state index contributed by atoms with van der Waals surface area (Å²) in [5.41, 5.74) is 1.18. The van der Waals surface area contributed by atoms with Crippen LogP contribution in [0.4, 0.5) is 5.82 Å². The molecule has 0 aliphatic carbocycles. The topological polar surface area (TPSA) is 41.0 Å². The van der Waals surface area contributed by atoms with E-state index in [2.05, 4.69) is 40.3 Å². The van der Waals surface area contributed by atoms with Gasteiger partial charge in [-0.05, 0) is 44.4 Å². The predicted octanol–water partition coefficient (Wildman–Crippen LogP) is 2.14. The van der Waals surface area contributed by atoms with Crippen LogP contribution in [-0.4, -0.2) is 35.9 Å². The Hall–Kier alpha value is -1.16. The standard InChI is InChI=1S/C14H24N4/c1-3-4-8-18(11-13-6-5-7-15-13)14-9-12(2)10-16-17-14/h9-10,13,15H,3-8,11H2,1-2H3. The minimum Gasteiger partial charge on any atom is -0.354 e. The number of hydrogen-bond donors (Lipinski definition) is 1. The van der Waals surface area contributed by atoms with Crippen molar-refractivity contribution in [1.29, 1.82) is 0 Å². The third kappa shape index (κ3) is 3.67. The summed E-state index contributed by atoms with van der Waals surface area (Å²) < 4.78 is 0. The molecule has 1 fully saturated rings. The zero-order valence-electron chi connectivity index (χ0n) is 11.5. The maximum Gasteiger partial charge on any atom is 0.151 e. The number of nitrogens with one attached hydrogen (secondary N) is 1. The van der Waals surface area contributed by atoms with E-state index in [9.17, 15) is 0 Å². The van der Waals surface area contributed by atoms with Gasteiger partial charge >= 0.3 is 0 Å². The van der Waals surface area contributed by atoms with Crippen molar-refractivity contribution in [3.05, 3.63) is 17.8 Å². The highest BCUT2D eigenvalue weighted by molar-refractivity contribution is 5.39.